The average Bonchev–Trinajstić information content (AvgIpc) is 2.16. The summed E-state index contributed by atoms with van der Waals surface area (Å²) in [4.78, 5) is 0. The van der Waals surface area contributed by atoms with Crippen LogP contribution in [0.25, 0.3) is 5.70 Å². The fraction of sp³-hybridized carbons (Fsp3) is 0.154. The zero-order valence-corrected chi connectivity index (χ0v) is 10.5. The minimum absolute atomic E-state index is 0.281. The fourth-order valence-electron chi connectivity index (χ4n) is 1.35. The predicted molar refractivity (Wildman–Crippen MR) is 71.4 cm³/mol. The van der Waals surface area contributed by atoms with E-state index in [0.717, 1.165) is 10.9 Å². The van der Waals surface area contributed by atoms with Crippen molar-refractivity contribution >= 4 is 19.9 Å². The molecule has 0 aliphatic rings. The smallest absolute Gasteiger partial charge is 0.132 e. The summed E-state index contributed by atoms with van der Waals surface area (Å²) < 4.78 is 13.6. The van der Waals surface area contributed by atoms with Gasteiger partial charge in [-0.15, -0.1) is 8.86 Å². The lowest BCUT2D eigenvalue weighted by atomic mass is 10.1. The highest BCUT2D eigenvalue weighted by Crippen LogP contribution is 2.19. The molecule has 0 saturated carbocycles. The molecule has 0 fully saturated rings. The molecule has 0 heterocycles. The van der Waals surface area contributed by atoms with Gasteiger partial charge in [0.1, 0.15) is 5.82 Å². The Morgan fingerprint density at radius 1 is 1.38 bits per heavy atom. The van der Waals surface area contributed by atoms with Crippen molar-refractivity contribution in [3.8, 4) is 0 Å². The van der Waals surface area contributed by atoms with Gasteiger partial charge in [0.2, 0.25) is 0 Å². The second-order valence-corrected chi connectivity index (χ2v) is 4.39. The largest absolute Gasteiger partial charge is 0.355 e. The summed E-state index contributed by atoms with van der Waals surface area (Å²) in [7, 11) is 3.35. The Kier molecular flexibility index (Phi) is 4.03. The third-order valence-electron chi connectivity index (χ3n) is 2.28. The molecule has 0 aliphatic heterocycles. The number of hydrogen-bond acceptors (Lipinski definition) is 1. The Labute approximate surface area is 97.9 Å². The maximum Gasteiger partial charge on any atom is 0.132 e. The molecule has 1 aromatic carbocycles. The van der Waals surface area contributed by atoms with Crippen LogP contribution in [0.1, 0.15) is 18.1 Å². The van der Waals surface area contributed by atoms with Crippen LogP contribution in [0.15, 0.2) is 37.1 Å². The quantitative estimate of drug-likeness (QED) is 0.787. The summed E-state index contributed by atoms with van der Waals surface area (Å²) in [5, 5.41) is 3.82. The number of hydrogen-bond donors (Lipinski definition) is 1. The first-order valence-corrected chi connectivity index (χ1v) is 5.39. The van der Waals surface area contributed by atoms with Gasteiger partial charge >= 0.3 is 0 Å². The third kappa shape index (κ3) is 2.80. The molecule has 0 radical (unpaired) electrons. The Morgan fingerprint density at radius 3 is 2.50 bits per heavy atom. The Morgan fingerprint density at radius 2 is 2.00 bits per heavy atom. The lowest BCUT2D eigenvalue weighted by Crippen LogP contribution is -2.15. The lowest BCUT2D eigenvalue weighted by Gasteiger charge is -2.14. The van der Waals surface area contributed by atoms with Crippen LogP contribution in [-0.4, -0.2) is 5.29 Å². The summed E-state index contributed by atoms with van der Waals surface area (Å²) in [5.41, 5.74) is 2.52. The van der Waals surface area contributed by atoms with Crippen molar-refractivity contribution in [1.82, 2.24) is 5.32 Å². The van der Waals surface area contributed by atoms with Crippen molar-refractivity contribution in [3.05, 3.63) is 54.0 Å². The molecule has 0 atom stereocenters. The van der Waals surface area contributed by atoms with Crippen LogP contribution in [-0.2, 0) is 0 Å². The summed E-state index contributed by atoms with van der Waals surface area (Å²) in [6, 6.07) is 4.94. The first-order valence-electron chi connectivity index (χ1n) is 4.89. The van der Waals surface area contributed by atoms with E-state index in [2.05, 4.69) is 27.3 Å². The van der Waals surface area contributed by atoms with Crippen LogP contribution in [0, 0.1) is 12.7 Å². The number of benzene rings is 1. The van der Waals surface area contributed by atoms with E-state index in [-0.39, 0.29) is 5.82 Å². The minimum Gasteiger partial charge on any atom is -0.355 e. The summed E-state index contributed by atoms with van der Waals surface area (Å²) >= 11 is 0. The maximum atomic E-state index is 13.6. The zero-order chi connectivity index (χ0) is 12.3. The van der Waals surface area contributed by atoms with Crippen molar-refractivity contribution in [2.45, 2.75) is 13.8 Å². The van der Waals surface area contributed by atoms with Crippen LogP contribution >= 0.6 is 8.86 Å². The van der Waals surface area contributed by atoms with Gasteiger partial charge in [-0.05, 0) is 30.8 Å². The van der Waals surface area contributed by atoms with Crippen molar-refractivity contribution in [2.75, 3.05) is 0 Å². The molecule has 0 amide bonds. The van der Waals surface area contributed by atoms with E-state index >= 15 is 0 Å². The topological polar surface area (TPSA) is 12.0 Å². The number of aryl methyl sites for hydroxylation is 1. The third-order valence-corrected chi connectivity index (χ3v) is 2.58. The Balaban J connectivity index is 2.98. The molecule has 0 aromatic heterocycles. The standard InChI is InChI=1S/C13H15FNP/c1-8-6-5-7-12(14)13(8)10(3)15-9(2)11(4)16/h5-7,15-16H,2-3H2,1,4H3. The Hall–Kier alpha value is -1.40. The van der Waals surface area contributed by atoms with E-state index in [1.165, 1.54) is 6.07 Å². The minimum atomic E-state index is -0.281. The van der Waals surface area contributed by atoms with Crippen LogP contribution in [0.3, 0.4) is 0 Å². The van der Waals surface area contributed by atoms with Crippen molar-refractivity contribution < 1.29 is 4.39 Å². The van der Waals surface area contributed by atoms with E-state index in [1.807, 2.05) is 19.9 Å². The molecule has 1 N–H and O–H groups in total. The van der Waals surface area contributed by atoms with Gasteiger partial charge in [0, 0.05) is 17.0 Å². The van der Waals surface area contributed by atoms with E-state index in [0.29, 0.717) is 17.0 Å². The van der Waals surface area contributed by atoms with Gasteiger partial charge in [-0.3, -0.25) is 0 Å². The molecule has 1 aromatic rings. The highest BCUT2D eigenvalue weighted by Gasteiger charge is 2.09. The molecule has 16 heavy (non-hydrogen) atoms. The molecule has 84 valence electrons. The lowest BCUT2D eigenvalue weighted by molar-refractivity contribution is 0.621. The maximum absolute atomic E-state index is 13.6. The average molecular weight is 235 g/mol. The first kappa shape index (κ1) is 12.7. The van der Waals surface area contributed by atoms with E-state index in [4.69, 9.17) is 0 Å². The number of nitrogens with one attached hydrogen (secondary N) is 1. The van der Waals surface area contributed by atoms with Gasteiger partial charge in [0.15, 0.2) is 0 Å². The summed E-state index contributed by atoms with van der Waals surface area (Å²) in [6.07, 6.45) is 0. The van der Waals surface area contributed by atoms with E-state index in [9.17, 15) is 4.39 Å². The molecule has 0 saturated heterocycles. The highest BCUT2D eigenvalue weighted by atomic mass is 31.0. The zero-order valence-electron chi connectivity index (χ0n) is 9.52. The van der Waals surface area contributed by atoms with E-state index < -0.39 is 0 Å². The SMILES string of the molecule is C=C(NC(=C)c1c(C)cccc1F)C(C)=P. The molecule has 1 rings (SSSR count). The predicted octanol–water partition coefficient (Wildman–Crippen LogP) is 3.54. The molecule has 0 bridgehead atoms. The number of rotatable bonds is 4. The van der Waals surface area contributed by atoms with Crippen molar-refractivity contribution in [2.24, 2.45) is 0 Å². The van der Waals surface area contributed by atoms with Gasteiger partial charge < -0.3 is 5.32 Å². The van der Waals surface area contributed by atoms with Gasteiger partial charge in [0.05, 0.1) is 0 Å². The van der Waals surface area contributed by atoms with Crippen molar-refractivity contribution in [1.29, 1.82) is 0 Å². The second kappa shape index (κ2) is 5.09. The van der Waals surface area contributed by atoms with Gasteiger partial charge in [-0.2, -0.15) is 0 Å². The molecule has 0 aliphatic carbocycles. The molecular weight excluding hydrogens is 220 g/mol. The molecule has 3 heteroatoms. The van der Waals surface area contributed by atoms with Crippen LogP contribution in [0.2, 0.25) is 0 Å². The van der Waals surface area contributed by atoms with Gasteiger partial charge in [-0.25, -0.2) is 4.39 Å². The van der Waals surface area contributed by atoms with Crippen LogP contribution in [0.4, 0.5) is 4.39 Å². The normalized spacial score (nSPS) is 9.69. The number of halogens is 1. The second-order valence-electron chi connectivity index (χ2n) is 3.64. The molecular formula is C13H15FNP. The fourth-order valence-corrected chi connectivity index (χ4v) is 1.41. The van der Waals surface area contributed by atoms with Crippen LogP contribution in [0.5, 0.6) is 0 Å². The molecule has 1 nitrogen and oxygen atoms in total. The highest BCUT2D eigenvalue weighted by molar-refractivity contribution is 7.22. The monoisotopic (exact) mass is 235 g/mol. The molecule has 0 unspecified atom stereocenters. The summed E-state index contributed by atoms with van der Waals surface area (Å²) in [5.74, 6) is -0.281. The number of allylic oxidation sites excluding steroid dienone is 1. The molecule has 0 spiro atoms. The van der Waals surface area contributed by atoms with Crippen LogP contribution < -0.4 is 5.32 Å². The van der Waals surface area contributed by atoms with E-state index in [1.54, 1.807) is 6.07 Å². The summed E-state index contributed by atoms with van der Waals surface area (Å²) in [6.45, 7) is 11.3. The van der Waals surface area contributed by atoms with Gasteiger partial charge in [-0.1, -0.05) is 25.3 Å². The van der Waals surface area contributed by atoms with Gasteiger partial charge in [0.25, 0.3) is 0 Å². The first-order chi connectivity index (χ1) is 7.43. The Bertz CT molecular complexity index is 443. The van der Waals surface area contributed by atoms with Crippen molar-refractivity contribution in [3.63, 3.8) is 0 Å².